The smallest absolute Gasteiger partial charge is 0.160 e. The average molecular weight is 152 g/mol. The van der Waals surface area contributed by atoms with Crippen LogP contribution < -0.4 is 0 Å². The maximum Gasteiger partial charge on any atom is 0.160 e. The van der Waals surface area contributed by atoms with E-state index in [2.05, 4.69) is 4.98 Å². The highest BCUT2D eigenvalue weighted by Gasteiger charge is 1.95. The van der Waals surface area contributed by atoms with Crippen molar-refractivity contribution in [2.75, 3.05) is 0 Å². The third kappa shape index (κ3) is 1.14. The van der Waals surface area contributed by atoms with E-state index in [0.717, 1.165) is 0 Å². The summed E-state index contributed by atoms with van der Waals surface area (Å²) in [4.78, 5) is 2.53. The second-order valence-corrected chi connectivity index (χ2v) is 2.13. The summed E-state index contributed by atoms with van der Waals surface area (Å²) in [6, 6.07) is 4.67. The third-order valence-electron chi connectivity index (χ3n) is 1.01. The first-order valence-corrected chi connectivity index (χ1v) is 2.97. The van der Waals surface area contributed by atoms with Crippen LogP contribution in [0, 0.1) is 16.0 Å². The van der Waals surface area contributed by atoms with Gasteiger partial charge in [-0.15, -0.1) is 0 Å². The molecule has 0 fully saturated rings. The summed E-state index contributed by atoms with van der Waals surface area (Å²) in [5.41, 5.74) is 0.104. The number of aromatic hydroxyl groups is 1. The molecule has 1 aromatic heterocycles. The van der Waals surface area contributed by atoms with Crippen LogP contribution >= 0.6 is 12.2 Å². The maximum absolute atomic E-state index is 8.93. The van der Waals surface area contributed by atoms with Gasteiger partial charge in [-0.3, -0.25) is 0 Å². The molecule has 0 spiro atoms. The van der Waals surface area contributed by atoms with E-state index in [1.165, 1.54) is 12.1 Å². The molecule has 0 radical (unpaired) electrons. The van der Waals surface area contributed by atoms with Gasteiger partial charge in [0.05, 0.1) is 0 Å². The van der Waals surface area contributed by atoms with Crippen LogP contribution in [0.5, 0.6) is 5.75 Å². The van der Waals surface area contributed by atoms with E-state index in [0.29, 0.717) is 4.64 Å². The Balaban J connectivity index is 3.40. The molecule has 50 valence electrons. The molecule has 1 rings (SSSR count). The largest absolute Gasteiger partial charge is 0.505 e. The molecule has 3 nitrogen and oxygen atoms in total. The maximum atomic E-state index is 8.93. The Hall–Kier alpha value is -1.34. The zero-order valence-electron chi connectivity index (χ0n) is 4.96. The van der Waals surface area contributed by atoms with Crippen LogP contribution in [0.1, 0.15) is 5.69 Å². The van der Waals surface area contributed by atoms with E-state index >= 15 is 0 Å². The lowest BCUT2D eigenvalue weighted by Gasteiger charge is -1.92. The van der Waals surface area contributed by atoms with Gasteiger partial charge in [0.25, 0.3) is 0 Å². The van der Waals surface area contributed by atoms with Gasteiger partial charge in [-0.2, -0.15) is 5.26 Å². The number of rotatable bonds is 0. The normalized spacial score (nSPS) is 8.70. The van der Waals surface area contributed by atoms with E-state index in [1.54, 1.807) is 6.07 Å². The lowest BCUT2D eigenvalue weighted by molar-refractivity contribution is 0.470. The fraction of sp³-hybridized carbons (Fsp3) is 0. The molecule has 0 aliphatic heterocycles. The van der Waals surface area contributed by atoms with Crippen LogP contribution in [-0.4, -0.2) is 10.1 Å². The molecule has 0 aliphatic rings. The number of nitrogens with one attached hydrogen (secondary N) is 1. The van der Waals surface area contributed by atoms with Gasteiger partial charge in [0, 0.05) is 0 Å². The predicted octanol–water partition coefficient (Wildman–Crippen LogP) is 1.32. The molecule has 0 saturated carbocycles. The molecule has 1 aromatic rings. The minimum atomic E-state index is -0.0731. The Bertz CT molecular complexity index is 336. The molecule has 10 heavy (non-hydrogen) atoms. The highest BCUT2D eigenvalue weighted by Crippen LogP contribution is 2.10. The molecule has 1 heterocycles. The first-order chi connectivity index (χ1) is 4.74. The number of aromatic nitrogens is 1. The van der Waals surface area contributed by atoms with Crippen LogP contribution in [0.2, 0.25) is 0 Å². The predicted molar refractivity (Wildman–Crippen MR) is 38.0 cm³/mol. The quantitative estimate of drug-likeness (QED) is 0.551. The minimum Gasteiger partial charge on any atom is -0.505 e. The Kier molecular flexibility index (Phi) is 1.69. The molecule has 0 atom stereocenters. The molecular weight excluding hydrogens is 148 g/mol. The summed E-state index contributed by atoms with van der Waals surface area (Å²) >= 11 is 4.71. The molecule has 2 N–H and O–H groups in total. The van der Waals surface area contributed by atoms with E-state index in [-0.39, 0.29) is 11.4 Å². The summed E-state index contributed by atoms with van der Waals surface area (Å²) in [7, 11) is 0. The highest BCUT2D eigenvalue weighted by atomic mass is 32.1. The molecule has 0 bridgehead atoms. The van der Waals surface area contributed by atoms with Crippen molar-refractivity contribution in [1.29, 1.82) is 5.26 Å². The number of H-pyrrole nitrogens is 1. The molecule has 4 heteroatoms. The number of nitrogens with zero attached hydrogens (tertiary/aromatic N) is 1. The molecule has 0 aromatic carbocycles. The fourth-order valence-electron chi connectivity index (χ4n) is 0.552. The van der Waals surface area contributed by atoms with Gasteiger partial charge in [-0.05, 0) is 12.1 Å². The Morgan fingerprint density at radius 1 is 1.60 bits per heavy atom. The summed E-state index contributed by atoms with van der Waals surface area (Å²) < 4.78 is 0.439. The van der Waals surface area contributed by atoms with Crippen molar-refractivity contribution < 1.29 is 5.11 Å². The topological polar surface area (TPSA) is 59.8 Å². The first-order valence-electron chi connectivity index (χ1n) is 2.56. The second-order valence-electron chi connectivity index (χ2n) is 1.69. The van der Waals surface area contributed by atoms with Crippen LogP contribution in [0.3, 0.4) is 0 Å². The number of aromatic amines is 1. The molecular formula is C6H4N2OS. The molecule has 0 aliphatic carbocycles. The minimum absolute atomic E-state index is 0.0731. The van der Waals surface area contributed by atoms with Crippen LogP contribution in [0.4, 0.5) is 0 Å². The molecule has 0 amide bonds. The zero-order chi connectivity index (χ0) is 7.56. The van der Waals surface area contributed by atoms with Crippen LogP contribution in [0.25, 0.3) is 0 Å². The van der Waals surface area contributed by atoms with Gasteiger partial charge in [0.1, 0.15) is 16.5 Å². The van der Waals surface area contributed by atoms with Crippen molar-refractivity contribution >= 4 is 12.2 Å². The summed E-state index contributed by atoms with van der Waals surface area (Å²) in [6.07, 6.45) is 0. The van der Waals surface area contributed by atoms with Crippen LogP contribution in [-0.2, 0) is 0 Å². The van der Waals surface area contributed by atoms with Crippen molar-refractivity contribution in [3.05, 3.63) is 22.5 Å². The van der Waals surface area contributed by atoms with Crippen molar-refractivity contribution in [2.45, 2.75) is 0 Å². The van der Waals surface area contributed by atoms with Crippen LogP contribution in [0.15, 0.2) is 12.1 Å². The third-order valence-corrected chi connectivity index (χ3v) is 1.25. The highest BCUT2D eigenvalue weighted by molar-refractivity contribution is 7.71. The number of pyridine rings is 1. The van der Waals surface area contributed by atoms with Gasteiger partial charge in [-0.1, -0.05) is 12.2 Å². The summed E-state index contributed by atoms with van der Waals surface area (Å²) in [5.74, 6) is -0.0731. The van der Waals surface area contributed by atoms with Gasteiger partial charge in [0.2, 0.25) is 0 Å². The zero-order valence-corrected chi connectivity index (χ0v) is 5.77. The van der Waals surface area contributed by atoms with Gasteiger partial charge in [0.15, 0.2) is 5.69 Å². The Morgan fingerprint density at radius 2 is 2.30 bits per heavy atom. The Morgan fingerprint density at radius 3 is 2.80 bits per heavy atom. The van der Waals surface area contributed by atoms with Crippen molar-refractivity contribution in [2.24, 2.45) is 0 Å². The van der Waals surface area contributed by atoms with E-state index in [4.69, 9.17) is 22.6 Å². The number of hydrogen-bond donors (Lipinski definition) is 2. The van der Waals surface area contributed by atoms with E-state index in [1.807, 2.05) is 0 Å². The van der Waals surface area contributed by atoms with Gasteiger partial charge >= 0.3 is 0 Å². The monoisotopic (exact) mass is 152 g/mol. The number of hydrogen-bond acceptors (Lipinski definition) is 3. The fourth-order valence-corrected chi connectivity index (χ4v) is 0.722. The standard InChI is InChI=1S/C6H4N2OS/c7-3-4-5(9)1-2-6(10)8-4/h1-2,9H,(H,8,10). The molecule has 0 unspecified atom stereocenters. The Labute approximate surface area is 62.6 Å². The summed E-state index contributed by atoms with van der Waals surface area (Å²) in [6.45, 7) is 0. The lowest BCUT2D eigenvalue weighted by Crippen LogP contribution is -1.81. The van der Waals surface area contributed by atoms with Crippen molar-refractivity contribution in [3.63, 3.8) is 0 Å². The number of nitriles is 1. The van der Waals surface area contributed by atoms with Gasteiger partial charge < -0.3 is 10.1 Å². The second kappa shape index (κ2) is 2.50. The van der Waals surface area contributed by atoms with Crippen molar-refractivity contribution in [1.82, 2.24) is 4.98 Å². The molecule has 0 saturated heterocycles. The average Bonchev–Trinajstić information content (AvgIpc) is 1.94. The lowest BCUT2D eigenvalue weighted by atomic mass is 10.3. The van der Waals surface area contributed by atoms with Crippen molar-refractivity contribution in [3.8, 4) is 11.8 Å². The SMILES string of the molecule is N#Cc1[nH]c(=S)ccc1O. The van der Waals surface area contributed by atoms with E-state index in [9.17, 15) is 0 Å². The first kappa shape index (κ1) is 6.78. The van der Waals surface area contributed by atoms with Gasteiger partial charge in [-0.25, -0.2) is 0 Å². The van der Waals surface area contributed by atoms with E-state index < -0.39 is 0 Å². The summed E-state index contributed by atoms with van der Waals surface area (Å²) in [5, 5.41) is 17.3.